The Morgan fingerprint density at radius 2 is 2.15 bits per heavy atom. The highest BCUT2D eigenvalue weighted by molar-refractivity contribution is 6.04. The van der Waals surface area contributed by atoms with Crippen molar-refractivity contribution < 1.29 is 9.59 Å². The fraction of sp³-hybridized carbons (Fsp3) is 0.571. The molecule has 2 bridgehead atoms. The van der Waals surface area contributed by atoms with Crippen LogP contribution in [-0.2, 0) is 4.79 Å². The average molecular weight is 276 g/mol. The number of H-pyrrole nitrogens is 1. The maximum absolute atomic E-state index is 11.9. The number of hydrogen-bond acceptors (Lipinski definition) is 4. The number of aromatic nitrogens is 1. The largest absolute Gasteiger partial charge is 0.357 e. The van der Waals surface area contributed by atoms with Crippen LogP contribution in [0.15, 0.2) is 18.3 Å². The van der Waals surface area contributed by atoms with E-state index in [2.05, 4.69) is 20.5 Å². The van der Waals surface area contributed by atoms with Crippen molar-refractivity contribution in [1.29, 1.82) is 0 Å². The first-order valence-corrected chi connectivity index (χ1v) is 7.16. The van der Waals surface area contributed by atoms with E-state index in [-0.39, 0.29) is 18.4 Å². The minimum Gasteiger partial charge on any atom is -0.357 e. The Balaban J connectivity index is 1.50. The van der Waals surface area contributed by atoms with E-state index in [1.54, 1.807) is 18.3 Å². The summed E-state index contributed by atoms with van der Waals surface area (Å²) in [5.41, 5.74) is 0.412. The van der Waals surface area contributed by atoms with Crippen LogP contribution in [0.3, 0.4) is 0 Å². The van der Waals surface area contributed by atoms with E-state index in [0.29, 0.717) is 17.8 Å². The zero-order valence-corrected chi connectivity index (χ0v) is 11.4. The van der Waals surface area contributed by atoms with E-state index >= 15 is 0 Å². The van der Waals surface area contributed by atoms with E-state index in [1.807, 2.05) is 0 Å². The number of likely N-dealkylation sites (tertiary alicyclic amines) is 1. The number of nitrogens with zero attached hydrogens (tertiary/aromatic N) is 1. The summed E-state index contributed by atoms with van der Waals surface area (Å²) in [5.74, 6) is -0.600. The Bertz CT molecular complexity index is 485. The lowest BCUT2D eigenvalue weighted by Crippen LogP contribution is -2.43. The van der Waals surface area contributed by atoms with E-state index in [0.717, 1.165) is 19.5 Å². The quantitative estimate of drug-likeness (QED) is 0.731. The first-order valence-electron chi connectivity index (χ1n) is 7.16. The van der Waals surface area contributed by atoms with Gasteiger partial charge in [0.05, 0.1) is 6.54 Å². The average Bonchev–Trinajstić information content (AvgIpc) is 3.02. The summed E-state index contributed by atoms with van der Waals surface area (Å²) in [6.45, 7) is 2.09. The molecule has 2 amide bonds. The smallest absolute Gasteiger partial charge is 0.274 e. The monoisotopic (exact) mass is 276 g/mol. The van der Waals surface area contributed by atoms with Gasteiger partial charge in [-0.05, 0) is 31.4 Å². The van der Waals surface area contributed by atoms with Crippen LogP contribution >= 0.6 is 0 Å². The molecule has 6 nitrogen and oxygen atoms in total. The fourth-order valence-electron chi connectivity index (χ4n) is 3.07. The summed E-state index contributed by atoms with van der Waals surface area (Å²) >= 11 is 0. The van der Waals surface area contributed by atoms with E-state index < -0.39 is 0 Å². The zero-order valence-electron chi connectivity index (χ0n) is 11.4. The number of carbonyl (C=O) groups excluding carboxylic acids is 2. The van der Waals surface area contributed by atoms with Gasteiger partial charge in [-0.25, -0.2) is 0 Å². The van der Waals surface area contributed by atoms with Crippen molar-refractivity contribution in [3.8, 4) is 0 Å². The van der Waals surface area contributed by atoms with Gasteiger partial charge in [-0.1, -0.05) is 0 Å². The highest BCUT2D eigenvalue weighted by Gasteiger charge is 2.29. The van der Waals surface area contributed by atoms with E-state index in [4.69, 9.17) is 0 Å². The normalized spacial score (nSPS) is 26.2. The van der Waals surface area contributed by atoms with Gasteiger partial charge in [0.2, 0.25) is 5.91 Å². The lowest BCUT2D eigenvalue weighted by atomic mass is 10.1. The molecule has 0 aromatic carbocycles. The molecule has 0 aliphatic carbocycles. The number of nitrogens with one attached hydrogen (secondary N) is 3. The van der Waals surface area contributed by atoms with Crippen molar-refractivity contribution >= 4 is 11.8 Å². The number of rotatable bonds is 3. The lowest BCUT2D eigenvalue weighted by Gasteiger charge is -2.22. The number of amides is 2. The van der Waals surface area contributed by atoms with Gasteiger partial charge in [0.25, 0.3) is 5.91 Å². The molecule has 1 aromatic rings. The summed E-state index contributed by atoms with van der Waals surface area (Å²) in [6.07, 6.45) is 5.17. The lowest BCUT2D eigenvalue weighted by molar-refractivity contribution is -0.121. The molecule has 3 rings (SSSR count). The standard InChI is InChI=1S/C14H20N4O2/c19-13(17-14(20)12-2-1-6-15-12)9-18-7-5-10-3-4-11(8-18)16-10/h1-2,6,10-11,15-16H,3-5,7-9H2,(H,17,19,20). The predicted molar refractivity (Wildman–Crippen MR) is 74.3 cm³/mol. The first kappa shape index (κ1) is 13.3. The fourth-order valence-corrected chi connectivity index (χ4v) is 3.07. The molecule has 2 atom stereocenters. The highest BCUT2D eigenvalue weighted by atomic mass is 16.2. The molecule has 2 unspecified atom stereocenters. The van der Waals surface area contributed by atoms with Crippen LogP contribution in [0.25, 0.3) is 0 Å². The Hall–Kier alpha value is -1.66. The van der Waals surface area contributed by atoms with Gasteiger partial charge >= 0.3 is 0 Å². The summed E-state index contributed by atoms with van der Waals surface area (Å²) in [5, 5.41) is 6.00. The van der Waals surface area contributed by atoms with Crippen LogP contribution in [0.1, 0.15) is 29.8 Å². The minimum absolute atomic E-state index is 0.234. The van der Waals surface area contributed by atoms with E-state index in [9.17, 15) is 9.59 Å². The number of carbonyl (C=O) groups is 2. The van der Waals surface area contributed by atoms with Gasteiger partial charge in [-0.2, -0.15) is 0 Å². The van der Waals surface area contributed by atoms with Gasteiger partial charge in [-0.3, -0.25) is 19.8 Å². The van der Waals surface area contributed by atoms with Gasteiger partial charge in [0.15, 0.2) is 0 Å². The Morgan fingerprint density at radius 3 is 2.95 bits per heavy atom. The van der Waals surface area contributed by atoms with Crippen molar-refractivity contribution in [1.82, 2.24) is 20.5 Å². The topological polar surface area (TPSA) is 77.2 Å². The summed E-state index contributed by atoms with van der Waals surface area (Å²) < 4.78 is 0. The van der Waals surface area contributed by atoms with Crippen LogP contribution in [0.2, 0.25) is 0 Å². The highest BCUT2D eigenvalue weighted by Crippen LogP contribution is 2.19. The maximum Gasteiger partial charge on any atom is 0.274 e. The minimum atomic E-state index is -0.366. The van der Waals surface area contributed by atoms with Gasteiger partial charge in [0, 0.05) is 31.4 Å². The zero-order chi connectivity index (χ0) is 13.9. The van der Waals surface area contributed by atoms with Crippen molar-refractivity contribution in [3.63, 3.8) is 0 Å². The van der Waals surface area contributed by atoms with Gasteiger partial charge < -0.3 is 10.3 Å². The third-order valence-electron chi connectivity index (χ3n) is 4.07. The van der Waals surface area contributed by atoms with Crippen molar-refractivity contribution in [2.75, 3.05) is 19.6 Å². The summed E-state index contributed by atoms with van der Waals surface area (Å²) in [4.78, 5) is 28.6. The molecule has 0 radical (unpaired) electrons. The Labute approximate surface area is 117 Å². The second-order valence-electron chi connectivity index (χ2n) is 5.62. The Morgan fingerprint density at radius 1 is 1.30 bits per heavy atom. The summed E-state index contributed by atoms with van der Waals surface area (Å²) in [7, 11) is 0. The molecule has 3 heterocycles. The third-order valence-corrected chi connectivity index (χ3v) is 4.07. The molecular weight excluding hydrogens is 256 g/mol. The van der Waals surface area contributed by atoms with Crippen molar-refractivity contribution in [2.24, 2.45) is 0 Å². The molecule has 2 aliphatic rings. The van der Waals surface area contributed by atoms with Crippen LogP contribution in [0, 0.1) is 0 Å². The van der Waals surface area contributed by atoms with Crippen LogP contribution in [0.5, 0.6) is 0 Å². The molecule has 2 saturated heterocycles. The molecular formula is C14H20N4O2. The SMILES string of the molecule is O=C(CN1CCC2CCC(C1)N2)NC(=O)c1ccc[nH]1. The second-order valence-corrected chi connectivity index (χ2v) is 5.62. The maximum atomic E-state index is 11.9. The molecule has 3 N–H and O–H groups in total. The molecule has 2 fully saturated rings. The number of fused-ring (bicyclic) bond motifs is 2. The molecule has 108 valence electrons. The van der Waals surface area contributed by atoms with Crippen LogP contribution in [0.4, 0.5) is 0 Å². The molecule has 2 aliphatic heterocycles. The van der Waals surface area contributed by atoms with Gasteiger partial charge in [0.1, 0.15) is 5.69 Å². The van der Waals surface area contributed by atoms with E-state index in [1.165, 1.54) is 12.8 Å². The number of aromatic amines is 1. The number of imide groups is 1. The Kier molecular flexibility index (Phi) is 3.84. The number of hydrogen-bond donors (Lipinski definition) is 3. The predicted octanol–water partition coefficient (Wildman–Crippen LogP) is 0.0974. The molecule has 6 heteroatoms. The van der Waals surface area contributed by atoms with Crippen molar-refractivity contribution in [3.05, 3.63) is 24.0 Å². The van der Waals surface area contributed by atoms with Gasteiger partial charge in [-0.15, -0.1) is 0 Å². The van der Waals surface area contributed by atoms with Crippen molar-refractivity contribution in [2.45, 2.75) is 31.3 Å². The summed E-state index contributed by atoms with van der Waals surface area (Å²) in [6, 6.07) is 4.48. The second kappa shape index (κ2) is 5.76. The molecule has 0 saturated carbocycles. The van der Waals surface area contributed by atoms with Crippen LogP contribution < -0.4 is 10.6 Å². The van der Waals surface area contributed by atoms with Crippen LogP contribution in [-0.4, -0.2) is 53.4 Å². The molecule has 1 aromatic heterocycles. The molecule has 0 spiro atoms. The first-order chi connectivity index (χ1) is 9.70. The third kappa shape index (κ3) is 3.08. The molecule has 20 heavy (non-hydrogen) atoms.